The van der Waals surface area contributed by atoms with Gasteiger partial charge in [0.15, 0.2) is 5.78 Å². The molecule has 0 saturated carbocycles. The first kappa shape index (κ1) is 15.5. The fourth-order valence-electron chi connectivity index (χ4n) is 2.64. The molecule has 1 aromatic carbocycles. The van der Waals surface area contributed by atoms with Crippen LogP contribution in [0.3, 0.4) is 0 Å². The first-order valence-electron chi connectivity index (χ1n) is 7.42. The molecule has 4 heteroatoms. The Morgan fingerprint density at radius 3 is 2.65 bits per heavy atom. The van der Waals surface area contributed by atoms with E-state index in [0.717, 1.165) is 11.4 Å². The maximum atomic E-state index is 12.7. The Morgan fingerprint density at radius 2 is 2.00 bits per heavy atom. The van der Waals surface area contributed by atoms with Gasteiger partial charge in [-0.3, -0.25) is 9.78 Å². The van der Waals surface area contributed by atoms with E-state index in [-0.39, 0.29) is 5.78 Å². The third-order valence-electron chi connectivity index (χ3n) is 3.81. The van der Waals surface area contributed by atoms with Crippen LogP contribution in [0.5, 0.6) is 0 Å². The summed E-state index contributed by atoms with van der Waals surface area (Å²) in [6.07, 6.45) is 9.09. The summed E-state index contributed by atoms with van der Waals surface area (Å²) in [7, 11) is 0. The van der Waals surface area contributed by atoms with Crippen molar-refractivity contribution in [2.24, 2.45) is 5.92 Å². The Labute approximate surface area is 140 Å². The molecule has 1 aliphatic rings. The molecule has 0 bridgehead atoms. The molecule has 2 atom stereocenters. The van der Waals surface area contributed by atoms with Gasteiger partial charge in [-0.25, -0.2) is 0 Å². The van der Waals surface area contributed by atoms with Crippen LogP contribution in [0.25, 0.3) is 0 Å². The minimum atomic E-state index is -0.785. The molecule has 0 saturated heterocycles. The molecule has 0 aliphatic heterocycles. The Hall–Kier alpha value is -2.39. The monoisotopic (exact) mass is 324 g/mol. The SMILES string of the molecule is CC1(Cl)C=C(Nc2cccnc2)C=CC1C(=O)c1ccccc1. The highest BCUT2D eigenvalue weighted by Crippen LogP contribution is 2.35. The largest absolute Gasteiger partial charge is 0.354 e. The fraction of sp³-hybridized carbons (Fsp3) is 0.158. The normalized spacial score (nSPS) is 23.2. The molecular weight excluding hydrogens is 308 g/mol. The minimum Gasteiger partial charge on any atom is -0.354 e. The van der Waals surface area contributed by atoms with Gasteiger partial charge in [-0.2, -0.15) is 0 Å². The van der Waals surface area contributed by atoms with Gasteiger partial charge >= 0.3 is 0 Å². The van der Waals surface area contributed by atoms with Crippen LogP contribution >= 0.6 is 11.6 Å². The highest BCUT2D eigenvalue weighted by molar-refractivity contribution is 6.28. The van der Waals surface area contributed by atoms with E-state index in [1.807, 2.05) is 67.6 Å². The number of pyridine rings is 1. The zero-order valence-corrected chi connectivity index (χ0v) is 13.5. The van der Waals surface area contributed by atoms with E-state index < -0.39 is 10.8 Å². The van der Waals surface area contributed by atoms with E-state index in [4.69, 9.17) is 11.6 Å². The average Bonchev–Trinajstić information content (AvgIpc) is 2.55. The minimum absolute atomic E-state index is 0.0241. The summed E-state index contributed by atoms with van der Waals surface area (Å²) in [5.74, 6) is -0.373. The number of hydrogen-bond donors (Lipinski definition) is 1. The summed E-state index contributed by atoms with van der Waals surface area (Å²) in [6.45, 7) is 1.86. The van der Waals surface area contributed by atoms with Crippen molar-refractivity contribution in [3.63, 3.8) is 0 Å². The molecule has 2 aromatic rings. The lowest BCUT2D eigenvalue weighted by atomic mass is 9.82. The number of allylic oxidation sites excluding steroid dienone is 3. The molecule has 3 nitrogen and oxygen atoms in total. The van der Waals surface area contributed by atoms with Gasteiger partial charge in [-0.05, 0) is 31.2 Å². The summed E-state index contributed by atoms with van der Waals surface area (Å²) >= 11 is 6.64. The molecule has 116 valence electrons. The Kier molecular flexibility index (Phi) is 4.30. The number of ketones is 1. The quantitative estimate of drug-likeness (QED) is 0.667. The Balaban J connectivity index is 1.80. The Bertz CT molecular complexity index is 751. The van der Waals surface area contributed by atoms with Crippen molar-refractivity contribution < 1.29 is 4.79 Å². The second-order valence-corrected chi connectivity index (χ2v) is 6.50. The van der Waals surface area contributed by atoms with Crippen molar-refractivity contribution >= 4 is 23.1 Å². The van der Waals surface area contributed by atoms with Crippen molar-refractivity contribution in [3.8, 4) is 0 Å². The van der Waals surface area contributed by atoms with E-state index in [1.54, 1.807) is 12.4 Å². The van der Waals surface area contributed by atoms with Crippen LogP contribution in [0.1, 0.15) is 17.3 Å². The van der Waals surface area contributed by atoms with Gasteiger partial charge < -0.3 is 5.32 Å². The van der Waals surface area contributed by atoms with Gasteiger partial charge in [0.05, 0.1) is 22.7 Å². The van der Waals surface area contributed by atoms with E-state index in [2.05, 4.69) is 10.3 Å². The molecular formula is C19H17ClN2O. The zero-order valence-electron chi connectivity index (χ0n) is 12.7. The van der Waals surface area contributed by atoms with Gasteiger partial charge in [0, 0.05) is 17.5 Å². The third-order valence-corrected chi connectivity index (χ3v) is 4.15. The van der Waals surface area contributed by atoms with Crippen LogP contribution in [0.4, 0.5) is 5.69 Å². The molecule has 2 unspecified atom stereocenters. The number of benzene rings is 1. The van der Waals surface area contributed by atoms with E-state index in [9.17, 15) is 4.79 Å². The second-order valence-electron chi connectivity index (χ2n) is 5.68. The maximum Gasteiger partial charge on any atom is 0.171 e. The maximum absolute atomic E-state index is 12.7. The molecule has 3 rings (SSSR count). The summed E-state index contributed by atoms with van der Waals surface area (Å²) in [4.78, 5) is 16.0. The molecule has 0 amide bonds. The molecule has 0 radical (unpaired) electrons. The number of Topliss-reactive ketones (excluding diaryl/α,β-unsaturated/α-hetero) is 1. The predicted molar refractivity (Wildman–Crippen MR) is 93.6 cm³/mol. The lowest BCUT2D eigenvalue weighted by Gasteiger charge is -2.30. The van der Waals surface area contributed by atoms with Gasteiger partial charge in [-0.15, -0.1) is 11.6 Å². The zero-order chi connectivity index (χ0) is 16.3. The molecule has 1 aliphatic carbocycles. The van der Waals surface area contributed by atoms with Crippen LogP contribution in [0.15, 0.2) is 78.8 Å². The lowest BCUT2D eigenvalue weighted by molar-refractivity contribution is 0.0932. The average molecular weight is 325 g/mol. The molecule has 0 fully saturated rings. The molecule has 1 aromatic heterocycles. The summed E-state index contributed by atoms with van der Waals surface area (Å²) in [5.41, 5.74) is 2.41. The molecule has 23 heavy (non-hydrogen) atoms. The number of carbonyl (C=O) groups is 1. The first-order chi connectivity index (χ1) is 11.1. The van der Waals surface area contributed by atoms with Crippen molar-refractivity contribution in [2.45, 2.75) is 11.8 Å². The van der Waals surface area contributed by atoms with Crippen LogP contribution in [0.2, 0.25) is 0 Å². The number of nitrogens with one attached hydrogen (secondary N) is 1. The number of halogens is 1. The van der Waals surface area contributed by atoms with Crippen LogP contribution < -0.4 is 5.32 Å². The van der Waals surface area contributed by atoms with Gasteiger partial charge in [0.1, 0.15) is 0 Å². The number of anilines is 1. The second kappa shape index (κ2) is 6.39. The number of alkyl halides is 1. The summed E-state index contributed by atoms with van der Waals surface area (Å²) in [6, 6.07) is 13.0. The standard InChI is InChI=1S/C19H17ClN2O/c1-19(20)12-15(22-16-8-5-11-21-13-16)9-10-17(19)18(23)14-6-3-2-4-7-14/h2-13,17,22H,1H3. The Morgan fingerprint density at radius 1 is 1.22 bits per heavy atom. The van der Waals surface area contributed by atoms with Crippen LogP contribution in [-0.2, 0) is 0 Å². The van der Waals surface area contributed by atoms with Crippen molar-refractivity contribution in [2.75, 3.05) is 5.32 Å². The van der Waals surface area contributed by atoms with Crippen molar-refractivity contribution in [1.82, 2.24) is 4.98 Å². The highest BCUT2D eigenvalue weighted by Gasteiger charge is 2.36. The fourth-order valence-corrected chi connectivity index (χ4v) is 2.93. The highest BCUT2D eigenvalue weighted by atomic mass is 35.5. The number of rotatable bonds is 4. The van der Waals surface area contributed by atoms with Gasteiger partial charge in [0.25, 0.3) is 0 Å². The topological polar surface area (TPSA) is 42.0 Å². The molecule has 0 spiro atoms. The predicted octanol–water partition coefficient (Wildman–Crippen LogP) is 4.44. The third kappa shape index (κ3) is 3.51. The van der Waals surface area contributed by atoms with Crippen LogP contribution in [-0.4, -0.2) is 15.6 Å². The smallest absolute Gasteiger partial charge is 0.171 e. The number of aromatic nitrogens is 1. The van der Waals surface area contributed by atoms with Gasteiger partial charge in [0.2, 0.25) is 0 Å². The van der Waals surface area contributed by atoms with Crippen LogP contribution in [0, 0.1) is 5.92 Å². The molecule has 1 N–H and O–H groups in total. The van der Waals surface area contributed by atoms with E-state index >= 15 is 0 Å². The van der Waals surface area contributed by atoms with Crippen molar-refractivity contribution in [3.05, 3.63) is 84.3 Å². The van der Waals surface area contributed by atoms with Crippen molar-refractivity contribution in [1.29, 1.82) is 0 Å². The lowest BCUT2D eigenvalue weighted by Crippen LogP contribution is -2.34. The van der Waals surface area contributed by atoms with E-state index in [0.29, 0.717) is 5.56 Å². The molecule has 1 heterocycles. The van der Waals surface area contributed by atoms with E-state index in [1.165, 1.54) is 0 Å². The number of carbonyl (C=O) groups excluding carboxylic acids is 1. The summed E-state index contributed by atoms with van der Waals surface area (Å²) in [5, 5.41) is 3.25. The van der Waals surface area contributed by atoms with Gasteiger partial charge in [-0.1, -0.05) is 36.4 Å². The summed E-state index contributed by atoms with van der Waals surface area (Å²) < 4.78 is 0. The number of nitrogens with zero attached hydrogens (tertiary/aromatic N) is 1. The number of hydrogen-bond acceptors (Lipinski definition) is 3. The first-order valence-corrected chi connectivity index (χ1v) is 7.80.